The molecule has 0 atom stereocenters. The van der Waals surface area contributed by atoms with E-state index < -0.39 is 22.8 Å². The third-order valence-corrected chi connectivity index (χ3v) is 3.01. The Hall–Kier alpha value is -1.48. The Labute approximate surface area is 129 Å². The van der Waals surface area contributed by atoms with Crippen molar-refractivity contribution >= 4 is 11.9 Å². The minimum atomic E-state index is -0.950. The van der Waals surface area contributed by atoms with Gasteiger partial charge in [0.25, 0.3) is 0 Å². The van der Waals surface area contributed by atoms with E-state index in [1.165, 1.54) is 13.8 Å². The average Bonchev–Trinajstić information content (AvgIpc) is 2.55. The standard InChI is InChI=1S/C14H24O8/c1-13(5-15,6-16)9-21-11(19)3-4-12(20)22-10-14(2,7-17)8-18/h3-4,15-18H,5-10H2,1-2H3/b4-3+. The number of hydrogen-bond donors (Lipinski definition) is 4. The maximum Gasteiger partial charge on any atom is 0.331 e. The van der Waals surface area contributed by atoms with Crippen molar-refractivity contribution in [2.75, 3.05) is 39.6 Å². The summed E-state index contributed by atoms with van der Waals surface area (Å²) < 4.78 is 9.59. The Balaban J connectivity index is 4.25. The van der Waals surface area contributed by atoms with Gasteiger partial charge < -0.3 is 29.9 Å². The van der Waals surface area contributed by atoms with E-state index >= 15 is 0 Å². The van der Waals surface area contributed by atoms with Crippen LogP contribution in [0.15, 0.2) is 12.2 Å². The summed E-state index contributed by atoms with van der Waals surface area (Å²) in [5.41, 5.74) is -1.90. The van der Waals surface area contributed by atoms with E-state index in [0.29, 0.717) is 0 Å². The number of rotatable bonds is 10. The summed E-state index contributed by atoms with van der Waals surface area (Å²) in [6.07, 6.45) is 1.71. The van der Waals surface area contributed by atoms with Gasteiger partial charge in [0, 0.05) is 23.0 Å². The van der Waals surface area contributed by atoms with Crippen molar-refractivity contribution in [3.63, 3.8) is 0 Å². The highest BCUT2D eigenvalue weighted by Crippen LogP contribution is 2.15. The molecule has 4 N–H and O–H groups in total. The van der Waals surface area contributed by atoms with Crippen molar-refractivity contribution in [1.82, 2.24) is 0 Å². The van der Waals surface area contributed by atoms with Crippen LogP contribution < -0.4 is 0 Å². The highest BCUT2D eigenvalue weighted by Gasteiger charge is 2.25. The summed E-state index contributed by atoms with van der Waals surface area (Å²) in [7, 11) is 0. The van der Waals surface area contributed by atoms with Crippen LogP contribution in [-0.2, 0) is 19.1 Å². The summed E-state index contributed by atoms with van der Waals surface area (Å²) in [5.74, 6) is -1.64. The molecule has 0 aromatic heterocycles. The summed E-state index contributed by atoms with van der Waals surface area (Å²) in [5, 5.41) is 36.1. The number of aliphatic hydroxyl groups excluding tert-OH is 4. The van der Waals surface area contributed by atoms with Crippen LogP contribution in [-0.4, -0.2) is 72.0 Å². The number of aliphatic hydroxyl groups is 4. The van der Waals surface area contributed by atoms with E-state index in [-0.39, 0.29) is 39.6 Å². The molecule has 0 bridgehead atoms. The van der Waals surface area contributed by atoms with Gasteiger partial charge in [-0.3, -0.25) is 0 Å². The molecule has 8 heteroatoms. The lowest BCUT2D eigenvalue weighted by atomic mass is 9.94. The number of esters is 2. The zero-order chi connectivity index (χ0) is 17.2. The van der Waals surface area contributed by atoms with Crippen LogP contribution in [0.25, 0.3) is 0 Å². The molecular weight excluding hydrogens is 296 g/mol. The van der Waals surface area contributed by atoms with Gasteiger partial charge >= 0.3 is 11.9 Å². The molecule has 22 heavy (non-hydrogen) atoms. The topological polar surface area (TPSA) is 134 Å². The lowest BCUT2D eigenvalue weighted by molar-refractivity contribution is -0.145. The minimum absolute atomic E-state index is 0.203. The molecule has 0 aliphatic rings. The molecular formula is C14H24O8. The first-order valence-corrected chi connectivity index (χ1v) is 6.69. The van der Waals surface area contributed by atoms with E-state index in [1.54, 1.807) is 0 Å². The molecule has 0 fully saturated rings. The minimum Gasteiger partial charge on any atom is -0.462 e. The average molecular weight is 320 g/mol. The molecule has 0 aromatic carbocycles. The fraction of sp³-hybridized carbons (Fsp3) is 0.714. The molecule has 0 spiro atoms. The summed E-state index contributed by atoms with van der Waals surface area (Å²) >= 11 is 0. The van der Waals surface area contributed by atoms with Gasteiger partial charge in [-0.15, -0.1) is 0 Å². The number of carbonyl (C=O) groups is 2. The van der Waals surface area contributed by atoms with E-state index in [0.717, 1.165) is 12.2 Å². The van der Waals surface area contributed by atoms with Crippen molar-refractivity contribution < 1.29 is 39.5 Å². The molecule has 0 amide bonds. The molecule has 0 aliphatic heterocycles. The zero-order valence-electron chi connectivity index (χ0n) is 12.8. The third kappa shape index (κ3) is 7.51. The fourth-order valence-electron chi connectivity index (χ4n) is 1.01. The van der Waals surface area contributed by atoms with Gasteiger partial charge in [0.1, 0.15) is 13.2 Å². The van der Waals surface area contributed by atoms with Gasteiger partial charge in [-0.25, -0.2) is 9.59 Å². The van der Waals surface area contributed by atoms with Crippen molar-refractivity contribution in [3.05, 3.63) is 12.2 Å². The van der Waals surface area contributed by atoms with Crippen LogP contribution in [0.1, 0.15) is 13.8 Å². The second-order valence-electron chi connectivity index (χ2n) is 5.80. The highest BCUT2D eigenvalue weighted by molar-refractivity contribution is 5.91. The first-order valence-electron chi connectivity index (χ1n) is 6.69. The first kappa shape index (κ1) is 20.5. The largest absolute Gasteiger partial charge is 0.462 e. The Bertz CT molecular complexity index is 346. The normalized spacial score (nSPS) is 12.5. The number of carbonyl (C=O) groups excluding carboxylic acids is 2. The van der Waals surface area contributed by atoms with Gasteiger partial charge in [-0.1, -0.05) is 13.8 Å². The molecule has 0 saturated heterocycles. The predicted molar refractivity (Wildman–Crippen MR) is 75.6 cm³/mol. The second kappa shape index (κ2) is 9.52. The molecule has 128 valence electrons. The van der Waals surface area contributed by atoms with Gasteiger partial charge in [-0.2, -0.15) is 0 Å². The maximum absolute atomic E-state index is 11.4. The summed E-state index contributed by atoms with van der Waals surface area (Å²) in [6, 6.07) is 0. The first-order chi connectivity index (χ1) is 10.2. The van der Waals surface area contributed by atoms with Gasteiger partial charge in [0.2, 0.25) is 0 Å². The fourth-order valence-corrected chi connectivity index (χ4v) is 1.01. The molecule has 0 saturated carbocycles. The Morgan fingerprint density at radius 3 is 1.27 bits per heavy atom. The van der Waals surface area contributed by atoms with Crippen LogP contribution in [0.5, 0.6) is 0 Å². The predicted octanol–water partition coefficient (Wildman–Crippen LogP) is -1.39. The van der Waals surface area contributed by atoms with Crippen molar-refractivity contribution in [3.8, 4) is 0 Å². The van der Waals surface area contributed by atoms with Crippen LogP contribution >= 0.6 is 0 Å². The Morgan fingerprint density at radius 1 is 0.773 bits per heavy atom. The quantitative estimate of drug-likeness (QED) is 0.286. The molecule has 0 unspecified atom stereocenters. The molecule has 8 nitrogen and oxygen atoms in total. The van der Waals surface area contributed by atoms with Crippen LogP contribution in [0.4, 0.5) is 0 Å². The van der Waals surface area contributed by atoms with Gasteiger partial charge in [0.15, 0.2) is 0 Å². The van der Waals surface area contributed by atoms with E-state index in [9.17, 15) is 9.59 Å². The van der Waals surface area contributed by atoms with Crippen LogP contribution in [0.2, 0.25) is 0 Å². The lowest BCUT2D eigenvalue weighted by Crippen LogP contribution is -2.32. The highest BCUT2D eigenvalue weighted by atomic mass is 16.5. The van der Waals surface area contributed by atoms with Crippen molar-refractivity contribution in [2.45, 2.75) is 13.8 Å². The molecule has 0 aromatic rings. The molecule has 0 rings (SSSR count). The molecule has 0 radical (unpaired) electrons. The van der Waals surface area contributed by atoms with Gasteiger partial charge in [-0.05, 0) is 0 Å². The third-order valence-electron chi connectivity index (χ3n) is 3.01. The number of hydrogen-bond acceptors (Lipinski definition) is 8. The van der Waals surface area contributed by atoms with Crippen LogP contribution in [0, 0.1) is 10.8 Å². The molecule has 0 heterocycles. The smallest absolute Gasteiger partial charge is 0.331 e. The van der Waals surface area contributed by atoms with E-state index in [2.05, 4.69) is 0 Å². The Morgan fingerprint density at radius 2 is 1.05 bits per heavy atom. The monoisotopic (exact) mass is 320 g/mol. The zero-order valence-corrected chi connectivity index (χ0v) is 12.8. The van der Waals surface area contributed by atoms with Crippen LogP contribution in [0.3, 0.4) is 0 Å². The van der Waals surface area contributed by atoms with Crippen molar-refractivity contribution in [1.29, 1.82) is 0 Å². The lowest BCUT2D eigenvalue weighted by Gasteiger charge is -2.23. The number of ether oxygens (including phenoxy) is 2. The maximum atomic E-state index is 11.4. The van der Waals surface area contributed by atoms with E-state index in [1.807, 2.05) is 0 Å². The SMILES string of the molecule is CC(CO)(CO)COC(=O)/C=C/C(=O)OCC(C)(CO)CO. The van der Waals surface area contributed by atoms with Crippen molar-refractivity contribution in [2.24, 2.45) is 10.8 Å². The summed E-state index contributed by atoms with van der Waals surface area (Å²) in [6.45, 7) is 1.22. The van der Waals surface area contributed by atoms with E-state index in [4.69, 9.17) is 29.9 Å². The summed E-state index contributed by atoms with van der Waals surface area (Å²) in [4.78, 5) is 22.8. The second-order valence-corrected chi connectivity index (χ2v) is 5.80. The molecule has 0 aliphatic carbocycles. The van der Waals surface area contributed by atoms with Gasteiger partial charge in [0.05, 0.1) is 26.4 Å². The Kier molecular flexibility index (Phi) is 8.88.